The summed E-state index contributed by atoms with van der Waals surface area (Å²) in [5.74, 6) is 0.584. The Morgan fingerprint density at radius 2 is 2.06 bits per heavy atom. The molecule has 5 nitrogen and oxygen atoms in total. The topological polar surface area (TPSA) is 70.6 Å². The normalized spacial score (nSPS) is 10.2. The minimum Gasteiger partial charge on any atom is -0.691 e. The number of benzene rings is 1. The van der Waals surface area contributed by atoms with Crippen molar-refractivity contribution in [1.82, 2.24) is 5.32 Å². The van der Waals surface area contributed by atoms with E-state index in [2.05, 4.69) is 14.7 Å². The first kappa shape index (κ1) is 14.0. The molecule has 0 aliphatic rings. The lowest BCUT2D eigenvalue weighted by Gasteiger charge is -2.05. The minimum absolute atomic E-state index is 0.0719. The van der Waals surface area contributed by atoms with Gasteiger partial charge in [-0.05, 0) is 25.0 Å². The van der Waals surface area contributed by atoms with Crippen LogP contribution in [-0.2, 0) is 9.37 Å². The Morgan fingerprint density at radius 1 is 1.29 bits per heavy atom. The summed E-state index contributed by atoms with van der Waals surface area (Å²) in [6.45, 7) is 0.604. The fourth-order valence-electron chi connectivity index (χ4n) is 1.23. The fraction of sp³-hybridized carbons (Fsp3) is 0.364. The molecular weight excluding hydrogens is 242 g/mol. The summed E-state index contributed by atoms with van der Waals surface area (Å²) in [6, 6.07) is 9.05. The van der Waals surface area contributed by atoms with E-state index in [0.29, 0.717) is 17.9 Å². The second-order valence-corrected chi connectivity index (χ2v) is 4.07. The number of rotatable bonds is 8. The number of amides is 1. The van der Waals surface area contributed by atoms with Crippen LogP contribution in [-0.4, -0.2) is 18.2 Å². The summed E-state index contributed by atoms with van der Waals surface area (Å²) in [7, 11) is 0. The number of carbonyl (C=O) groups excluding carboxylic acids is 1. The smallest absolute Gasteiger partial charge is 0.251 e. The van der Waals surface area contributed by atoms with E-state index in [9.17, 15) is 10.1 Å². The van der Waals surface area contributed by atoms with Gasteiger partial charge in [0.15, 0.2) is 0 Å². The lowest BCUT2D eigenvalue weighted by atomic mass is 10.2. The first-order valence-corrected chi connectivity index (χ1v) is 6.17. The molecule has 0 fully saturated rings. The van der Waals surface area contributed by atoms with E-state index in [1.807, 2.05) is 18.2 Å². The standard InChI is InChI=1S/C11H15NO4S/c13-11(10-6-2-1-3-7-10)12-8-4-5-9-17-16-15-14/h1-3,6-7,14H,4-5,8-9H2,(H,12,13)/p-1. The Bertz CT molecular complexity index is 321. The lowest BCUT2D eigenvalue weighted by molar-refractivity contribution is -0.777. The molecule has 0 bridgehead atoms. The van der Waals surface area contributed by atoms with Gasteiger partial charge in [-0.2, -0.15) is 4.33 Å². The Morgan fingerprint density at radius 3 is 2.76 bits per heavy atom. The van der Waals surface area contributed by atoms with Crippen LogP contribution in [0.4, 0.5) is 0 Å². The van der Waals surface area contributed by atoms with Crippen molar-refractivity contribution in [1.29, 1.82) is 0 Å². The summed E-state index contributed by atoms with van der Waals surface area (Å²) in [6.07, 6.45) is 1.66. The molecule has 0 aromatic heterocycles. The van der Waals surface area contributed by atoms with Gasteiger partial charge in [0.2, 0.25) is 0 Å². The zero-order valence-corrected chi connectivity index (χ0v) is 10.1. The fourth-order valence-corrected chi connectivity index (χ4v) is 1.66. The van der Waals surface area contributed by atoms with E-state index in [4.69, 9.17) is 0 Å². The maximum Gasteiger partial charge on any atom is 0.251 e. The molecule has 0 radical (unpaired) electrons. The molecule has 0 aliphatic carbocycles. The van der Waals surface area contributed by atoms with Crippen molar-refractivity contribution >= 4 is 17.9 Å². The van der Waals surface area contributed by atoms with Gasteiger partial charge in [0.1, 0.15) is 0 Å². The zero-order valence-electron chi connectivity index (χ0n) is 9.26. The van der Waals surface area contributed by atoms with E-state index in [-0.39, 0.29) is 5.91 Å². The first-order valence-electron chi connectivity index (χ1n) is 5.26. The van der Waals surface area contributed by atoms with Crippen LogP contribution in [0.5, 0.6) is 0 Å². The van der Waals surface area contributed by atoms with Gasteiger partial charge in [0.25, 0.3) is 5.91 Å². The van der Waals surface area contributed by atoms with Crippen molar-refractivity contribution in [2.75, 3.05) is 12.3 Å². The van der Waals surface area contributed by atoms with Gasteiger partial charge in [-0.3, -0.25) is 9.83 Å². The maximum absolute atomic E-state index is 11.6. The van der Waals surface area contributed by atoms with Gasteiger partial charge in [-0.15, -0.1) is 0 Å². The first-order chi connectivity index (χ1) is 8.34. The van der Waals surface area contributed by atoms with Crippen molar-refractivity contribution in [2.45, 2.75) is 12.8 Å². The van der Waals surface area contributed by atoms with Crippen molar-refractivity contribution in [3.63, 3.8) is 0 Å². The Balaban J connectivity index is 2.05. The highest BCUT2D eigenvalue weighted by atomic mass is 32.2. The minimum atomic E-state index is -0.0719. The van der Waals surface area contributed by atoms with E-state index >= 15 is 0 Å². The summed E-state index contributed by atoms with van der Waals surface area (Å²) in [5, 5.41) is 15.5. The zero-order chi connectivity index (χ0) is 12.3. The molecule has 0 unspecified atom stereocenters. The molecule has 0 saturated heterocycles. The monoisotopic (exact) mass is 256 g/mol. The Kier molecular flexibility index (Phi) is 7.40. The second kappa shape index (κ2) is 9.00. The predicted octanol–water partition coefficient (Wildman–Crippen LogP) is 1.07. The Hall–Kier alpha value is -1.08. The number of unbranched alkanes of at least 4 members (excludes halogenated alkanes) is 1. The van der Waals surface area contributed by atoms with E-state index < -0.39 is 0 Å². The number of hydrogen-bond donors (Lipinski definition) is 1. The number of nitrogens with one attached hydrogen (secondary N) is 1. The molecule has 1 amide bonds. The van der Waals surface area contributed by atoms with Crippen molar-refractivity contribution in [2.24, 2.45) is 0 Å². The van der Waals surface area contributed by atoms with Gasteiger partial charge in [0, 0.05) is 29.9 Å². The van der Waals surface area contributed by atoms with Gasteiger partial charge in [0.05, 0.1) is 0 Å². The third-order valence-corrected chi connectivity index (χ3v) is 2.66. The van der Waals surface area contributed by atoms with E-state index in [1.165, 1.54) is 0 Å². The summed E-state index contributed by atoms with van der Waals surface area (Å²) in [4.78, 5) is 11.6. The average molecular weight is 256 g/mol. The highest BCUT2D eigenvalue weighted by Crippen LogP contribution is 2.05. The van der Waals surface area contributed by atoms with E-state index in [1.54, 1.807) is 12.1 Å². The van der Waals surface area contributed by atoms with Gasteiger partial charge in [-0.1, -0.05) is 18.2 Å². The molecule has 0 atom stereocenters. The lowest BCUT2D eigenvalue weighted by Crippen LogP contribution is -2.24. The largest absolute Gasteiger partial charge is 0.691 e. The molecular formula is C11H14NO4S-. The van der Waals surface area contributed by atoms with Crippen LogP contribution in [0, 0.1) is 0 Å². The van der Waals surface area contributed by atoms with Gasteiger partial charge < -0.3 is 10.6 Å². The average Bonchev–Trinajstić information content (AvgIpc) is 2.38. The molecule has 0 aliphatic heterocycles. The van der Waals surface area contributed by atoms with Crippen LogP contribution in [0.25, 0.3) is 0 Å². The van der Waals surface area contributed by atoms with Crippen LogP contribution in [0.2, 0.25) is 0 Å². The molecule has 0 spiro atoms. The molecule has 1 aromatic rings. The van der Waals surface area contributed by atoms with Crippen LogP contribution in [0.3, 0.4) is 0 Å². The molecule has 1 rings (SSSR count). The predicted molar refractivity (Wildman–Crippen MR) is 62.6 cm³/mol. The van der Waals surface area contributed by atoms with E-state index in [0.717, 1.165) is 24.9 Å². The summed E-state index contributed by atoms with van der Waals surface area (Å²) < 4.78 is 4.10. The quantitative estimate of drug-likeness (QED) is 0.326. The summed E-state index contributed by atoms with van der Waals surface area (Å²) in [5.41, 5.74) is 0.657. The molecule has 0 heterocycles. The third-order valence-electron chi connectivity index (χ3n) is 2.05. The number of hydrogen-bond acceptors (Lipinski definition) is 5. The SMILES string of the molecule is O=C(NCCCCSOO[O-])c1ccccc1. The summed E-state index contributed by atoms with van der Waals surface area (Å²) >= 11 is 0.961. The van der Waals surface area contributed by atoms with Gasteiger partial charge in [-0.25, -0.2) is 0 Å². The van der Waals surface area contributed by atoms with Crippen LogP contribution >= 0.6 is 12.0 Å². The molecule has 1 N–H and O–H groups in total. The van der Waals surface area contributed by atoms with Gasteiger partial charge >= 0.3 is 0 Å². The highest BCUT2D eigenvalue weighted by Gasteiger charge is 2.02. The van der Waals surface area contributed by atoms with Crippen LogP contribution < -0.4 is 10.6 Å². The molecule has 0 saturated carbocycles. The molecule has 6 heteroatoms. The molecule has 1 aromatic carbocycles. The van der Waals surface area contributed by atoms with Crippen LogP contribution in [0.15, 0.2) is 30.3 Å². The Labute approximate surface area is 104 Å². The van der Waals surface area contributed by atoms with Crippen molar-refractivity contribution < 1.29 is 19.4 Å². The maximum atomic E-state index is 11.6. The van der Waals surface area contributed by atoms with Crippen LogP contribution in [0.1, 0.15) is 23.2 Å². The molecule has 94 valence electrons. The highest BCUT2D eigenvalue weighted by molar-refractivity contribution is 7.94. The molecule has 17 heavy (non-hydrogen) atoms. The van der Waals surface area contributed by atoms with Crippen molar-refractivity contribution in [3.05, 3.63) is 35.9 Å². The second-order valence-electron chi connectivity index (χ2n) is 3.29. The third kappa shape index (κ3) is 6.28. The van der Waals surface area contributed by atoms with Crippen molar-refractivity contribution in [3.8, 4) is 0 Å². The number of carbonyl (C=O) groups is 1.